The molecule has 0 radical (unpaired) electrons. The fraction of sp³-hybridized carbons (Fsp3) is 0.520. The molecule has 5 nitrogen and oxygen atoms in total. The molecule has 166 valence electrons. The third kappa shape index (κ3) is 4.36. The zero-order chi connectivity index (χ0) is 22.2. The average molecular weight is 442 g/mol. The first-order valence-corrected chi connectivity index (χ1v) is 12.0. The number of carboxylic acids is 1. The van der Waals surface area contributed by atoms with E-state index >= 15 is 0 Å². The maximum atomic E-state index is 13.2. The molecule has 4 atom stereocenters. The fourth-order valence-corrected chi connectivity index (χ4v) is 6.47. The number of fused-ring (bicyclic) bond motifs is 3. The van der Waals surface area contributed by atoms with Gasteiger partial charge in [0.25, 0.3) is 5.91 Å². The summed E-state index contributed by atoms with van der Waals surface area (Å²) >= 11 is 1.52. The number of rotatable bonds is 8. The van der Waals surface area contributed by atoms with Crippen molar-refractivity contribution in [1.29, 1.82) is 0 Å². The summed E-state index contributed by atoms with van der Waals surface area (Å²) in [7, 11) is 0. The molecule has 2 bridgehead atoms. The number of phenols is 1. The second-order valence-electron chi connectivity index (χ2n) is 9.68. The molecule has 5 rings (SSSR count). The number of amides is 1. The van der Waals surface area contributed by atoms with Crippen molar-refractivity contribution in [3.05, 3.63) is 41.3 Å². The summed E-state index contributed by atoms with van der Waals surface area (Å²) in [6.45, 7) is 4.64. The second-order valence-corrected chi connectivity index (χ2v) is 10.6. The summed E-state index contributed by atoms with van der Waals surface area (Å²) < 4.78 is 0.997. The van der Waals surface area contributed by atoms with Crippen LogP contribution in [0.1, 0.15) is 62.7 Å². The van der Waals surface area contributed by atoms with Crippen molar-refractivity contribution in [2.24, 2.45) is 23.2 Å². The first-order valence-electron chi connectivity index (χ1n) is 11.1. The van der Waals surface area contributed by atoms with Gasteiger partial charge in [-0.15, -0.1) is 11.3 Å². The highest BCUT2D eigenvalue weighted by molar-refractivity contribution is 7.17. The van der Waals surface area contributed by atoms with Gasteiger partial charge in [-0.1, -0.05) is 26.0 Å². The van der Waals surface area contributed by atoms with Gasteiger partial charge in [-0.3, -0.25) is 9.59 Å². The lowest BCUT2D eigenvalue weighted by Crippen LogP contribution is -2.63. The Balaban J connectivity index is 1.46. The predicted molar refractivity (Wildman–Crippen MR) is 123 cm³/mol. The van der Waals surface area contributed by atoms with Crippen LogP contribution in [0.2, 0.25) is 0 Å². The van der Waals surface area contributed by atoms with E-state index in [1.54, 1.807) is 12.1 Å². The van der Waals surface area contributed by atoms with Crippen LogP contribution in [0.4, 0.5) is 0 Å². The molecule has 2 aromatic rings. The number of phenolic OH excluding ortho intramolecular Hbond substituents is 1. The van der Waals surface area contributed by atoms with Crippen molar-refractivity contribution in [3.8, 4) is 5.75 Å². The third-order valence-corrected chi connectivity index (χ3v) is 8.50. The van der Waals surface area contributed by atoms with Crippen LogP contribution in [0.3, 0.4) is 0 Å². The van der Waals surface area contributed by atoms with Crippen LogP contribution in [0, 0.1) is 23.2 Å². The van der Waals surface area contributed by atoms with Crippen LogP contribution in [-0.4, -0.2) is 28.1 Å². The van der Waals surface area contributed by atoms with Crippen molar-refractivity contribution < 1.29 is 19.8 Å². The van der Waals surface area contributed by atoms with Gasteiger partial charge in [0.15, 0.2) is 0 Å². The number of carbonyl (C=O) groups is 2. The molecular formula is C25H31NO4S. The molecule has 0 aliphatic heterocycles. The Bertz CT molecular complexity index is 1010. The minimum atomic E-state index is -0.750. The number of carboxylic acid groups (broad SMARTS) is 1. The summed E-state index contributed by atoms with van der Waals surface area (Å²) in [5, 5.41) is 24.7. The van der Waals surface area contributed by atoms with Gasteiger partial charge in [0.05, 0.1) is 5.56 Å². The molecule has 1 amide bonds. The molecule has 3 saturated carbocycles. The molecule has 1 aromatic carbocycles. The number of nitrogens with one attached hydrogen (secondary N) is 1. The van der Waals surface area contributed by atoms with E-state index in [1.165, 1.54) is 17.8 Å². The van der Waals surface area contributed by atoms with E-state index in [-0.39, 0.29) is 29.5 Å². The fourth-order valence-electron chi connectivity index (χ4n) is 5.55. The minimum Gasteiger partial charge on any atom is -0.508 e. The number of hydrogen-bond donors (Lipinski definition) is 3. The maximum absolute atomic E-state index is 13.2. The molecule has 0 spiro atoms. The Hall–Kier alpha value is -2.34. The lowest BCUT2D eigenvalue weighted by molar-refractivity contribution is -0.137. The molecule has 0 unspecified atom stereocenters. The topological polar surface area (TPSA) is 86.6 Å². The SMILES string of the molecule is CC1(C)[C@H]2C[C@@H](C/C=C\CCCC(=O)O)[C@@H](NC(=O)c3csc4ccc(O)cc34)[C@@H]1C2. The number of aromatic hydroxyl groups is 1. The van der Waals surface area contributed by atoms with Crippen LogP contribution in [0.15, 0.2) is 35.7 Å². The van der Waals surface area contributed by atoms with Crippen LogP contribution in [0.5, 0.6) is 5.75 Å². The lowest BCUT2D eigenvalue weighted by Gasteiger charge is -2.62. The Morgan fingerprint density at radius 2 is 2.06 bits per heavy atom. The number of thiophene rings is 1. The first kappa shape index (κ1) is 21.9. The van der Waals surface area contributed by atoms with Gasteiger partial charge in [-0.25, -0.2) is 0 Å². The number of allylic oxidation sites excluding steroid dienone is 2. The Morgan fingerprint density at radius 3 is 2.81 bits per heavy atom. The van der Waals surface area contributed by atoms with E-state index in [0.29, 0.717) is 29.7 Å². The third-order valence-electron chi connectivity index (χ3n) is 7.54. The molecule has 3 aliphatic carbocycles. The number of benzene rings is 1. The molecule has 6 heteroatoms. The number of aliphatic carboxylic acids is 1. The van der Waals surface area contributed by atoms with E-state index in [1.807, 2.05) is 11.4 Å². The highest BCUT2D eigenvalue weighted by Crippen LogP contribution is 2.61. The van der Waals surface area contributed by atoms with Crippen molar-refractivity contribution in [2.75, 3.05) is 0 Å². The average Bonchev–Trinajstić information content (AvgIpc) is 3.13. The van der Waals surface area contributed by atoms with E-state index in [2.05, 4.69) is 31.3 Å². The first-order chi connectivity index (χ1) is 14.8. The molecule has 1 aromatic heterocycles. The maximum Gasteiger partial charge on any atom is 0.303 e. The van der Waals surface area contributed by atoms with E-state index < -0.39 is 5.97 Å². The number of hydrogen-bond acceptors (Lipinski definition) is 4. The van der Waals surface area contributed by atoms with Gasteiger partial charge >= 0.3 is 5.97 Å². The van der Waals surface area contributed by atoms with Gasteiger partial charge in [0.1, 0.15) is 5.75 Å². The number of unbranched alkanes of at least 4 members (excludes halogenated alkanes) is 1. The van der Waals surface area contributed by atoms with Gasteiger partial charge in [0.2, 0.25) is 0 Å². The molecule has 3 aliphatic rings. The normalized spacial score (nSPS) is 26.6. The van der Waals surface area contributed by atoms with Gasteiger partial charge < -0.3 is 15.5 Å². The van der Waals surface area contributed by atoms with Gasteiger partial charge in [-0.2, -0.15) is 0 Å². The largest absolute Gasteiger partial charge is 0.508 e. The van der Waals surface area contributed by atoms with Crippen molar-refractivity contribution in [2.45, 2.75) is 58.4 Å². The highest BCUT2D eigenvalue weighted by Gasteiger charge is 2.57. The van der Waals surface area contributed by atoms with E-state index in [9.17, 15) is 14.7 Å². The second kappa shape index (κ2) is 8.65. The van der Waals surface area contributed by atoms with Crippen LogP contribution < -0.4 is 5.32 Å². The Morgan fingerprint density at radius 1 is 1.26 bits per heavy atom. The predicted octanol–water partition coefficient (Wildman–Crippen LogP) is 5.59. The number of carbonyl (C=O) groups excluding carboxylic acids is 1. The summed E-state index contributed by atoms with van der Waals surface area (Å²) in [5.41, 5.74) is 0.882. The highest BCUT2D eigenvalue weighted by atomic mass is 32.1. The summed E-state index contributed by atoms with van der Waals surface area (Å²) in [4.78, 5) is 23.9. The summed E-state index contributed by atoms with van der Waals surface area (Å²) in [6, 6.07) is 5.30. The Kier molecular flexibility index (Phi) is 6.11. The summed E-state index contributed by atoms with van der Waals surface area (Å²) in [6.07, 6.45) is 9.08. The molecule has 31 heavy (non-hydrogen) atoms. The monoisotopic (exact) mass is 441 g/mol. The molecule has 0 saturated heterocycles. The van der Waals surface area contributed by atoms with E-state index in [0.717, 1.165) is 29.3 Å². The van der Waals surface area contributed by atoms with Gasteiger partial charge in [0, 0.05) is 27.9 Å². The van der Waals surface area contributed by atoms with Crippen LogP contribution >= 0.6 is 11.3 Å². The molecule has 3 fully saturated rings. The van der Waals surface area contributed by atoms with Crippen molar-refractivity contribution in [1.82, 2.24) is 5.32 Å². The van der Waals surface area contributed by atoms with Crippen LogP contribution in [0.25, 0.3) is 10.1 Å². The van der Waals surface area contributed by atoms with Crippen LogP contribution in [-0.2, 0) is 4.79 Å². The van der Waals surface area contributed by atoms with Crippen molar-refractivity contribution in [3.63, 3.8) is 0 Å². The minimum absolute atomic E-state index is 0.0570. The Labute approximate surface area is 187 Å². The van der Waals surface area contributed by atoms with Gasteiger partial charge in [-0.05, 0) is 73.5 Å². The van der Waals surface area contributed by atoms with Crippen molar-refractivity contribution >= 4 is 33.3 Å². The zero-order valence-corrected chi connectivity index (χ0v) is 19.0. The lowest BCUT2D eigenvalue weighted by atomic mass is 9.44. The smallest absolute Gasteiger partial charge is 0.303 e. The summed E-state index contributed by atoms with van der Waals surface area (Å²) in [5.74, 6) is 0.939. The standard InChI is InChI=1S/C25H31NO4S/c1-25(2)16-11-15(7-5-3-4-6-8-22(28)29)23(20(25)12-16)26-24(30)19-14-31-21-10-9-17(27)13-18(19)21/h3,5,9-10,13-16,20,23,27H,4,6-8,11-12H2,1-2H3,(H,26,30)(H,28,29)/b5-3-/t15-,16+,20+,23-/m1/s1. The zero-order valence-electron chi connectivity index (χ0n) is 18.1. The van der Waals surface area contributed by atoms with E-state index in [4.69, 9.17) is 5.11 Å². The molecule has 1 heterocycles. The molecular weight excluding hydrogens is 410 g/mol. The quantitative estimate of drug-likeness (QED) is 0.368. The molecule has 3 N–H and O–H groups in total.